The van der Waals surface area contributed by atoms with Crippen LogP contribution in [0, 0.1) is 11.3 Å². The highest BCUT2D eigenvalue weighted by atomic mass is 16.1. The number of fused-ring (bicyclic) bond motifs is 1. The molecule has 4 nitrogen and oxygen atoms in total. The van der Waals surface area contributed by atoms with Crippen molar-refractivity contribution in [2.24, 2.45) is 0 Å². The highest BCUT2D eigenvalue weighted by Gasteiger charge is 2.11. The fourth-order valence-electron chi connectivity index (χ4n) is 3.14. The average Bonchev–Trinajstić information content (AvgIpc) is 2.65. The lowest BCUT2D eigenvalue weighted by Gasteiger charge is -2.29. The number of nitrogens with one attached hydrogen (secondary N) is 1. The summed E-state index contributed by atoms with van der Waals surface area (Å²) in [5, 5.41) is 13.9. The van der Waals surface area contributed by atoms with Crippen LogP contribution in [-0.2, 0) is 4.79 Å². The fourth-order valence-corrected chi connectivity index (χ4v) is 3.14. The summed E-state index contributed by atoms with van der Waals surface area (Å²) in [4.78, 5) is 14.1. The number of nitriles is 1. The number of carbonyl (C=O) groups is 1. The van der Waals surface area contributed by atoms with Gasteiger partial charge >= 0.3 is 0 Å². The van der Waals surface area contributed by atoms with Crippen LogP contribution < -0.4 is 10.2 Å². The molecule has 1 aliphatic heterocycles. The van der Waals surface area contributed by atoms with Gasteiger partial charge in [0.25, 0.3) is 5.91 Å². The average molecular weight is 319 g/mol. The molecule has 1 fully saturated rings. The van der Waals surface area contributed by atoms with Crippen molar-refractivity contribution >= 4 is 28.4 Å². The molecule has 1 N–H and O–H groups in total. The van der Waals surface area contributed by atoms with Gasteiger partial charge in [-0.3, -0.25) is 4.79 Å². The molecule has 1 saturated heterocycles. The van der Waals surface area contributed by atoms with Crippen LogP contribution >= 0.6 is 0 Å². The molecular formula is C20H21N3O. The number of carbonyl (C=O) groups excluding carboxylic acids is 1. The molecule has 0 saturated carbocycles. The van der Waals surface area contributed by atoms with Gasteiger partial charge in [-0.1, -0.05) is 18.2 Å². The Morgan fingerprint density at radius 2 is 1.83 bits per heavy atom. The maximum absolute atomic E-state index is 11.6. The first-order valence-corrected chi connectivity index (χ1v) is 8.34. The molecule has 2 aromatic rings. The smallest absolute Gasteiger partial charge is 0.261 e. The molecular weight excluding hydrogens is 298 g/mol. The summed E-state index contributed by atoms with van der Waals surface area (Å²) in [6, 6.07) is 14.4. The minimum Gasteiger partial charge on any atom is -0.372 e. The highest BCUT2D eigenvalue weighted by Crippen LogP contribution is 2.26. The van der Waals surface area contributed by atoms with Crippen LogP contribution in [0.4, 0.5) is 5.69 Å². The van der Waals surface area contributed by atoms with Crippen molar-refractivity contribution in [2.45, 2.75) is 19.3 Å². The van der Waals surface area contributed by atoms with Gasteiger partial charge in [-0.05, 0) is 59.9 Å². The largest absolute Gasteiger partial charge is 0.372 e. The molecule has 1 heterocycles. The number of benzene rings is 2. The highest BCUT2D eigenvalue weighted by molar-refractivity contribution is 6.02. The maximum Gasteiger partial charge on any atom is 0.261 e. The van der Waals surface area contributed by atoms with Gasteiger partial charge in [0.1, 0.15) is 11.6 Å². The number of hydrogen-bond donors (Lipinski definition) is 1. The number of hydrogen-bond acceptors (Lipinski definition) is 3. The lowest BCUT2D eigenvalue weighted by molar-refractivity contribution is -0.116. The molecule has 122 valence electrons. The zero-order chi connectivity index (χ0) is 16.9. The summed E-state index contributed by atoms with van der Waals surface area (Å²) in [7, 11) is 1.52. The van der Waals surface area contributed by atoms with Crippen LogP contribution in [0.3, 0.4) is 0 Å². The molecule has 0 spiro atoms. The Morgan fingerprint density at radius 3 is 2.54 bits per heavy atom. The molecule has 0 radical (unpaired) electrons. The van der Waals surface area contributed by atoms with Gasteiger partial charge in [-0.2, -0.15) is 5.26 Å². The van der Waals surface area contributed by atoms with E-state index >= 15 is 0 Å². The van der Waals surface area contributed by atoms with E-state index in [1.54, 1.807) is 6.08 Å². The monoisotopic (exact) mass is 319 g/mol. The van der Waals surface area contributed by atoms with E-state index in [1.807, 2.05) is 24.3 Å². The van der Waals surface area contributed by atoms with E-state index in [1.165, 1.54) is 37.4 Å². The Morgan fingerprint density at radius 1 is 1.12 bits per heavy atom. The predicted octanol–water partition coefficient (Wildman–Crippen LogP) is 3.48. The van der Waals surface area contributed by atoms with Gasteiger partial charge < -0.3 is 10.2 Å². The van der Waals surface area contributed by atoms with Gasteiger partial charge in [0.05, 0.1) is 0 Å². The molecule has 0 aromatic heterocycles. The molecule has 0 aliphatic carbocycles. The quantitative estimate of drug-likeness (QED) is 0.696. The molecule has 1 aliphatic rings. The van der Waals surface area contributed by atoms with Crippen molar-refractivity contribution in [3.63, 3.8) is 0 Å². The molecule has 0 unspecified atom stereocenters. The van der Waals surface area contributed by atoms with Gasteiger partial charge in [0, 0.05) is 25.8 Å². The Labute approximate surface area is 142 Å². The van der Waals surface area contributed by atoms with Gasteiger partial charge in [0.2, 0.25) is 0 Å². The summed E-state index contributed by atoms with van der Waals surface area (Å²) in [5.74, 6) is -0.363. The maximum atomic E-state index is 11.6. The standard InChI is InChI=1S/C20H21N3O/c1-22-20(24)18(14-21)12-15-5-6-17-13-19(8-7-16(17)11-15)23-9-3-2-4-10-23/h5-8,11-13H,2-4,9-10H2,1H3,(H,22,24)/b18-12+. The number of anilines is 1. The van der Waals surface area contributed by atoms with Crippen LogP contribution in [-0.4, -0.2) is 26.0 Å². The Bertz CT molecular complexity index is 826. The summed E-state index contributed by atoms with van der Waals surface area (Å²) in [6.07, 6.45) is 5.47. The fraction of sp³-hybridized carbons (Fsp3) is 0.300. The first kappa shape index (κ1) is 16.1. The van der Waals surface area contributed by atoms with Crippen molar-refractivity contribution in [3.8, 4) is 6.07 Å². The van der Waals surface area contributed by atoms with E-state index in [0.29, 0.717) is 0 Å². The minimum atomic E-state index is -0.363. The number of likely N-dealkylation sites (N-methyl/N-ethyl adjacent to an activating group) is 1. The van der Waals surface area contributed by atoms with E-state index in [-0.39, 0.29) is 11.5 Å². The van der Waals surface area contributed by atoms with E-state index in [0.717, 1.165) is 24.0 Å². The molecule has 24 heavy (non-hydrogen) atoms. The lowest BCUT2D eigenvalue weighted by atomic mass is 10.0. The third-order valence-corrected chi connectivity index (χ3v) is 4.47. The summed E-state index contributed by atoms with van der Waals surface area (Å²) in [6.45, 7) is 2.26. The van der Waals surface area contributed by atoms with Crippen molar-refractivity contribution < 1.29 is 4.79 Å². The first-order chi connectivity index (χ1) is 11.7. The third kappa shape index (κ3) is 3.41. The molecule has 0 atom stereocenters. The number of rotatable bonds is 3. The molecule has 3 rings (SSSR count). The topological polar surface area (TPSA) is 56.1 Å². The summed E-state index contributed by atoms with van der Waals surface area (Å²) >= 11 is 0. The molecule has 1 amide bonds. The summed E-state index contributed by atoms with van der Waals surface area (Å²) < 4.78 is 0. The van der Waals surface area contributed by atoms with E-state index in [9.17, 15) is 4.79 Å². The van der Waals surface area contributed by atoms with E-state index in [4.69, 9.17) is 5.26 Å². The lowest BCUT2D eigenvalue weighted by Crippen LogP contribution is -2.29. The van der Waals surface area contributed by atoms with Gasteiger partial charge in [0.15, 0.2) is 0 Å². The molecule has 2 aromatic carbocycles. The van der Waals surface area contributed by atoms with Gasteiger partial charge in [-0.15, -0.1) is 0 Å². The second-order valence-electron chi connectivity index (χ2n) is 6.09. The van der Waals surface area contributed by atoms with Crippen molar-refractivity contribution in [1.29, 1.82) is 5.26 Å². The van der Waals surface area contributed by atoms with Crippen LogP contribution in [0.5, 0.6) is 0 Å². The summed E-state index contributed by atoms with van der Waals surface area (Å²) in [5.41, 5.74) is 2.24. The number of piperidine rings is 1. The Kier molecular flexibility index (Phi) is 4.81. The van der Waals surface area contributed by atoms with Crippen LogP contribution in [0.2, 0.25) is 0 Å². The van der Waals surface area contributed by atoms with Crippen molar-refractivity contribution in [3.05, 3.63) is 47.5 Å². The normalized spacial score (nSPS) is 15.2. The zero-order valence-electron chi connectivity index (χ0n) is 13.9. The third-order valence-electron chi connectivity index (χ3n) is 4.47. The molecule has 0 bridgehead atoms. The minimum absolute atomic E-state index is 0.113. The van der Waals surface area contributed by atoms with E-state index < -0.39 is 0 Å². The van der Waals surface area contributed by atoms with Gasteiger partial charge in [-0.25, -0.2) is 0 Å². The van der Waals surface area contributed by atoms with Crippen LogP contribution in [0.15, 0.2) is 42.0 Å². The Hall–Kier alpha value is -2.80. The Balaban J connectivity index is 1.91. The second-order valence-corrected chi connectivity index (χ2v) is 6.09. The molecule has 4 heteroatoms. The first-order valence-electron chi connectivity index (χ1n) is 8.34. The second kappa shape index (κ2) is 7.18. The SMILES string of the molecule is CNC(=O)/C(C#N)=C/c1ccc2cc(N3CCCCC3)ccc2c1. The number of amides is 1. The van der Waals surface area contributed by atoms with Crippen molar-refractivity contribution in [1.82, 2.24) is 5.32 Å². The zero-order valence-corrected chi connectivity index (χ0v) is 13.9. The number of nitrogens with zero attached hydrogens (tertiary/aromatic N) is 2. The van der Waals surface area contributed by atoms with E-state index in [2.05, 4.69) is 28.4 Å². The van der Waals surface area contributed by atoms with Crippen molar-refractivity contribution in [2.75, 3.05) is 25.0 Å². The van der Waals surface area contributed by atoms with Crippen LogP contribution in [0.25, 0.3) is 16.8 Å². The predicted molar refractivity (Wildman–Crippen MR) is 97.7 cm³/mol. The van der Waals surface area contributed by atoms with Crippen LogP contribution in [0.1, 0.15) is 24.8 Å².